The molecule has 0 aromatic heterocycles. The van der Waals surface area contributed by atoms with Crippen molar-refractivity contribution in [2.45, 2.75) is 51.0 Å². The Labute approximate surface area is 69.4 Å². The Kier molecular flexibility index (Phi) is 1.71. The Morgan fingerprint density at radius 2 is 1.91 bits per heavy atom. The minimum Gasteiger partial charge on any atom is -0.325 e. The zero-order valence-corrected chi connectivity index (χ0v) is 7.47. The highest BCUT2D eigenvalue weighted by Crippen LogP contribution is 2.54. The molecule has 11 heavy (non-hydrogen) atoms. The van der Waals surface area contributed by atoms with Gasteiger partial charge in [-0.05, 0) is 24.7 Å². The molecule has 1 heteroatoms. The van der Waals surface area contributed by atoms with Crippen molar-refractivity contribution in [2.75, 3.05) is 0 Å². The SMILES string of the molecule is CC1C2CCCCCCC12N. The van der Waals surface area contributed by atoms with E-state index in [0.29, 0.717) is 0 Å². The minimum absolute atomic E-state index is 0.278. The molecule has 2 saturated carbocycles. The molecule has 3 atom stereocenters. The first-order valence-electron chi connectivity index (χ1n) is 5.04. The lowest BCUT2D eigenvalue weighted by molar-refractivity contribution is 0.440. The summed E-state index contributed by atoms with van der Waals surface area (Å²) < 4.78 is 0. The molecule has 2 aliphatic rings. The molecule has 0 amide bonds. The van der Waals surface area contributed by atoms with Crippen LogP contribution in [-0.2, 0) is 0 Å². The van der Waals surface area contributed by atoms with Crippen molar-refractivity contribution in [1.82, 2.24) is 0 Å². The third-order valence-electron chi connectivity index (χ3n) is 3.91. The van der Waals surface area contributed by atoms with Gasteiger partial charge in [-0.3, -0.25) is 0 Å². The first kappa shape index (κ1) is 7.60. The van der Waals surface area contributed by atoms with Crippen LogP contribution in [0.5, 0.6) is 0 Å². The van der Waals surface area contributed by atoms with Gasteiger partial charge in [0.15, 0.2) is 0 Å². The van der Waals surface area contributed by atoms with Gasteiger partial charge in [-0.1, -0.05) is 32.6 Å². The van der Waals surface area contributed by atoms with E-state index in [1.165, 1.54) is 38.5 Å². The summed E-state index contributed by atoms with van der Waals surface area (Å²) in [6, 6.07) is 0. The number of hydrogen-bond acceptors (Lipinski definition) is 1. The maximum absolute atomic E-state index is 6.26. The molecular weight excluding hydrogens is 134 g/mol. The van der Waals surface area contributed by atoms with Crippen LogP contribution in [-0.4, -0.2) is 5.54 Å². The Hall–Kier alpha value is -0.0400. The van der Waals surface area contributed by atoms with Crippen LogP contribution >= 0.6 is 0 Å². The highest BCUT2D eigenvalue weighted by Gasteiger charge is 2.57. The van der Waals surface area contributed by atoms with Gasteiger partial charge in [0, 0.05) is 5.54 Å². The average Bonchev–Trinajstić information content (AvgIpc) is 2.40. The van der Waals surface area contributed by atoms with Crippen molar-refractivity contribution in [1.29, 1.82) is 0 Å². The predicted octanol–water partition coefficient (Wildman–Crippen LogP) is 2.30. The van der Waals surface area contributed by atoms with Crippen molar-refractivity contribution in [3.05, 3.63) is 0 Å². The molecule has 0 aromatic rings. The highest BCUT2D eigenvalue weighted by atomic mass is 14.9. The lowest BCUT2D eigenvalue weighted by Gasteiger charge is -2.14. The molecule has 1 nitrogen and oxygen atoms in total. The van der Waals surface area contributed by atoms with Gasteiger partial charge in [-0.2, -0.15) is 0 Å². The molecule has 2 aliphatic carbocycles. The molecular formula is C10H19N. The van der Waals surface area contributed by atoms with E-state index in [4.69, 9.17) is 5.73 Å². The van der Waals surface area contributed by atoms with E-state index in [2.05, 4.69) is 6.92 Å². The largest absolute Gasteiger partial charge is 0.325 e. The topological polar surface area (TPSA) is 26.0 Å². The third-order valence-corrected chi connectivity index (χ3v) is 3.91. The van der Waals surface area contributed by atoms with Crippen LogP contribution in [0.25, 0.3) is 0 Å². The van der Waals surface area contributed by atoms with Crippen LogP contribution in [0.1, 0.15) is 45.4 Å². The normalized spacial score (nSPS) is 50.7. The summed E-state index contributed by atoms with van der Waals surface area (Å²) in [5.41, 5.74) is 6.54. The van der Waals surface area contributed by atoms with Crippen LogP contribution in [0.2, 0.25) is 0 Å². The zero-order chi connectivity index (χ0) is 7.90. The number of nitrogens with two attached hydrogens (primary N) is 1. The van der Waals surface area contributed by atoms with Crippen LogP contribution in [0.3, 0.4) is 0 Å². The second-order valence-corrected chi connectivity index (χ2v) is 4.46. The van der Waals surface area contributed by atoms with Crippen molar-refractivity contribution in [3.8, 4) is 0 Å². The van der Waals surface area contributed by atoms with Gasteiger partial charge >= 0.3 is 0 Å². The fourth-order valence-corrected chi connectivity index (χ4v) is 2.84. The molecule has 0 heterocycles. The average molecular weight is 153 g/mol. The smallest absolute Gasteiger partial charge is 0.0215 e. The van der Waals surface area contributed by atoms with Gasteiger partial charge in [0.2, 0.25) is 0 Å². The van der Waals surface area contributed by atoms with Crippen LogP contribution in [0.15, 0.2) is 0 Å². The summed E-state index contributed by atoms with van der Waals surface area (Å²) in [6.07, 6.45) is 8.35. The van der Waals surface area contributed by atoms with E-state index in [9.17, 15) is 0 Å². The standard InChI is InChI=1S/C10H19N/c1-8-9-6-4-2-3-5-7-10(8,9)11/h8-9H,2-7,11H2,1H3. The van der Waals surface area contributed by atoms with Crippen LogP contribution in [0.4, 0.5) is 0 Å². The Morgan fingerprint density at radius 1 is 1.18 bits per heavy atom. The number of rotatable bonds is 0. The van der Waals surface area contributed by atoms with Gasteiger partial charge < -0.3 is 5.73 Å². The van der Waals surface area contributed by atoms with E-state index in [1.807, 2.05) is 0 Å². The molecule has 2 N–H and O–H groups in total. The number of fused-ring (bicyclic) bond motifs is 1. The van der Waals surface area contributed by atoms with E-state index in [-0.39, 0.29) is 5.54 Å². The lowest BCUT2D eigenvalue weighted by atomic mass is 9.97. The third kappa shape index (κ3) is 1.10. The minimum atomic E-state index is 0.278. The van der Waals surface area contributed by atoms with Crippen LogP contribution in [0, 0.1) is 11.8 Å². The summed E-state index contributed by atoms with van der Waals surface area (Å²) >= 11 is 0. The Morgan fingerprint density at radius 3 is 2.73 bits per heavy atom. The fraction of sp³-hybridized carbons (Fsp3) is 1.00. The zero-order valence-electron chi connectivity index (χ0n) is 7.47. The second-order valence-electron chi connectivity index (χ2n) is 4.46. The summed E-state index contributed by atoms with van der Waals surface area (Å²) in [7, 11) is 0. The molecule has 0 spiro atoms. The Bertz CT molecular complexity index is 155. The Balaban J connectivity index is 1.98. The van der Waals surface area contributed by atoms with Crippen molar-refractivity contribution in [2.24, 2.45) is 17.6 Å². The summed E-state index contributed by atoms with van der Waals surface area (Å²) in [5.74, 6) is 1.70. The number of hydrogen-bond donors (Lipinski definition) is 1. The van der Waals surface area contributed by atoms with E-state index >= 15 is 0 Å². The molecule has 0 radical (unpaired) electrons. The van der Waals surface area contributed by atoms with Crippen molar-refractivity contribution < 1.29 is 0 Å². The maximum atomic E-state index is 6.26. The molecule has 0 bridgehead atoms. The van der Waals surface area contributed by atoms with E-state index < -0.39 is 0 Å². The summed E-state index contributed by atoms with van der Waals surface area (Å²) in [4.78, 5) is 0. The highest BCUT2D eigenvalue weighted by molar-refractivity contribution is 5.13. The van der Waals surface area contributed by atoms with Crippen molar-refractivity contribution in [3.63, 3.8) is 0 Å². The second kappa shape index (κ2) is 2.48. The first-order valence-corrected chi connectivity index (χ1v) is 5.04. The van der Waals surface area contributed by atoms with Gasteiger partial charge in [0.25, 0.3) is 0 Å². The quantitative estimate of drug-likeness (QED) is 0.568. The van der Waals surface area contributed by atoms with Crippen molar-refractivity contribution >= 4 is 0 Å². The molecule has 3 unspecified atom stereocenters. The predicted molar refractivity (Wildman–Crippen MR) is 47.3 cm³/mol. The van der Waals surface area contributed by atoms with Gasteiger partial charge in [0.1, 0.15) is 0 Å². The molecule has 2 fully saturated rings. The van der Waals surface area contributed by atoms with E-state index in [0.717, 1.165) is 11.8 Å². The lowest BCUT2D eigenvalue weighted by Crippen LogP contribution is -2.27. The molecule has 0 aromatic carbocycles. The molecule has 64 valence electrons. The molecule has 0 aliphatic heterocycles. The summed E-state index contributed by atoms with van der Waals surface area (Å²) in [5, 5.41) is 0. The van der Waals surface area contributed by atoms with E-state index in [1.54, 1.807) is 0 Å². The van der Waals surface area contributed by atoms with Gasteiger partial charge in [-0.25, -0.2) is 0 Å². The fourth-order valence-electron chi connectivity index (χ4n) is 2.84. The molecule has 2 rings (SSSR count). The summed E-state index contributed by atoms with van der Waals surface area (Å²) in [6.45, 7) is 2.33. The van der Waals surface area contributed by atoms with Gasteiger partial charge in [-0.15, -0.1) is 0 Å². The van der Waals surface area contributed by atoms with Gasteiger partial charge in [0.05, 0.1) is 0 Å². The molecule has 0 saturated heterocycles. The maximum Gasteiger partial charge on any atom is 0.0215 e. The van der Waals surface area contributed by atoms with Crippen LogP contribution < -0.4 is 5.73 Å². The monoisotopic (exact) mass is 153 g/mol. The first-order chi connectivity index (χ1) is 5.25.